The lowest BCUT2D eigenvalue weighted by molar-refractivity contribution is 0.229. The number of hydrogen-bond donors (Lipinski definition) is 1. The number of aromatic nitrogens is 1. The molecule has 1 aliphatic carbocycles. The monoisotopic (exact) mass is 252 g/mol. The van der Waals surface area contributed by atoms with Gasteiger partial charge in [-0.05, 0) is 44.9 Å². The van der Waals surface area contributed by atoms with Gasteiger partial charge in [-0.3, -0.25) is 0 Å². The van der Waals surface area contributed by atoms with Gasteiger partial charge in [-0.25, -0.2) is 4.98 Å². The first-order valence-corrected chi connectivity index (χ1v) is 7.60. The van der Waals surface area contributed by atoms with E-state index in [0.29, 0.717) is 12.1 Å². The van der Waals surface area contributed by atoms with Crippen molar-refractivity contribution in [1.82, 2.24) is 10.3 Å². The van der Waals surface area contributed by atoms with Crippen molar-refractivity contribution in [3.8, 4) is 0 Å². The summed E-state index contributed by atoms with van der Waals surface area (Å²) >= 11 is 1.77. The Hall–Kier alpha value is -0.410. The maximum absolute atomic E-state index is 4.34. The zero-order valence-electron chi connectivity index (χ0n) is 11.4. The zero-order chi connectivity index (χ0) is 12.4. The van der Waals surface area contributed by atoms with Crippen LogP contribution in [-0.2, 0) is 0 Å². The first kappa shape index (κ1) is 13.0. The highest BCUT2D eigenvalue weighted by Crippen LogP contribution is 2.30. The molecule has 0 spiro atoms. The van der Waals surface area contributed by atoms with E-state index >= 15 is 0 Å². The average molecular weight is 252 g/mol. The second-order valence-corrected chi connectivity index (χ2v) is 6.69. The highest BCUT2D eigenvalue weighted by atomic mass is 32.1. The van der Waals surface area contributed by atoms with E-state index in [9.17, 15) is 0 Å². The summed E-state index contributed by atoms with van der Waals surface area (Å²) < 4.78 is 0. The Morgan fingerprint density at radius 3 is 2.47 bits per heavy atom. The molecule has 0 bridgehead atoms. The Labute approximate surface area is 109 Å². The molecule has 3 heteroatoms. The van der Waals surface area contributed by atoms with Gasteiger partial charge in [-0.2, -0.15) is 0 Å². The van der Waals surface area contributed by atoms with Crippen molar-refractivity contribution in [2.45, 2.75) is 59.0 Å². The Balaban J connectivity index is 1.94. The van der Waals surface area contributed by atoms with Crippen LogP contribution in [0.15, 0.2) is 5.51 Å². The first-order chi connectivity index (χ1) is 8.06. The van der Waals surface area contributed by atoms with E-state index in [-0.39, 0.29) is 0 Å². The van der Waals surface area contributed by atoms with E-state index in [4.69, 9.17) is 0 Å². The van der Waals surface area contributed by atoms with Crippen LogP contribution in [0.4, 0.5) is 0 Å². The van der Waals surface area contributed by atoms with Gasteiger partial charge in [0.25, 0.3) is 0 Å². The number of hydrogen-bond acceptors (Lipinski definition) is 3. The summed E-state index contributed by atoms with van der Waals surface area (Å²) in [6.45, 7) is 9.14. The predicted molar refractivity (Wildman–Crippen MR) is 74.4 cm³/mol. The third-order valence-corrected chi connectivity index (χ3v) is 4.95. The lowest BCUT2D eigenvalue weighted by atomic mass is 9.80. The van der Waals surface area contributed by atoms with Crippen LogP contribution in [0.2, 0.25) is 0 Å². The number of nitrogens with zero attached hydrogens (tertiary/aromatic N) is 1. The van der Waals surface area contributed by atoms with Gasteiger partial charge >= 0.3 is 0 Å². The van der Waals surface area contributed by atoms with E-state index in [1.54, 1.807) is 11.3 Å². The minimum Gasteiger partial charge on any atom is -0.307 e. The van der Waals surface area contributed by atoms with Crippen molar-refractivity contribution in [2.75, 3.05) is 0 Å². The molecule has 0 aliphatic heterocycles. The molecule has 2 rings (SSSR count). The minimum absolute atomic E-state index is 0.449. The molecular formula is C14H24N2S. The summed E-state index contributed by atoms with van der Waals surface area (Å²) in [4.78, 5) is 5.74. The van der Waals surface area contributed by atoms with Crippen LogP contribution in [0.1, 0.15) is 56.6 Å². The third-order valence-electron chi connectivity index (χ3n) is 3.84. The molecule has 3 atom stereocenters. The summed E-state index contributed by atoms with van der Waals surface area (Å²) in [5, 5.41) is 3.79. The maximum atomic E-state index is 4.34. The van der Waals surface area contributed by atoms with Crippen LogP contribution in [0.3, 0.4) is 0 Å². The minimum atomic E-state index is 0.449. The van der Waals surface area contributed by atoms with Gasteiger partial charge in [0.15, 0.2) is 0 Å². The van der Waals surface area contributed by atoms with Gasteiger partial charge < -0.3 is 5.32 Å². The smallest absolute Gasteiger partial charge is 0.0798 e. The normalized spacial score (nSPS) is 31.4. The lowest BCUT2D eigenvalue weighted by Crippen LogP contribution is -2.37. The number of rotatable bonds is 3. The molecule has 0 aromatic carbocycles. The molecule has 96 valence electrons. The summed E-state index contributed by atoms with van der Waals surface area (Å²) in [5.74, 6) is 1.73. The standard InChI is InChI=1S/C14H24N2S/c1-9-5-10(2)7-13(6-9)16-12(4)14-11(3)15-8-17-14/h8-10,12-13,16H,5-7H2,1-4H3. The Morgan fingerprint density at radius 2 is 1.94 bits per heavy atom. The second-order valence-electron chi connectivity index (χ2n) is 5.80. The molecule has 2 nitrogen and oxygen atoms in total. The Morgan fingerprint density at radius 1 is 1.29 bits per heavy atom. The van der Waals surface area contributed by atoms with Crippen LogP contribution in [0.5, 0.6) is 0 Å². The van der Waals surface area contributed by atoms with Gasteiger partial charge in [0.2, 0.25) is 0 Å². The largest absolute Gasteiger partial charge is 0.307 e. The zero-order valence-corrected chi connectivity index (χ0v) is 12.2. The van der Waals surface area contributed by atoms with Crippen LogP contribution >= 0.6 is 11.3 Å². The summed E-state index contributed by atoms with van der Waals surface area (Å²) in [7, 11) is 0. The van der Waals surface area contributed by atoms with Gasteiger partial charge in [0.05, 0.1) is 11.2 Å². The molecule has 3 unspecified atom stereocenters. The SMILES string of the molecule is Cc1ncsc1C(C)NC1CC(C)CC(C)C1. The summed E-state index contributed by atoms with van der Waals surface area (Å²) in [6.07, 6.45) is 4.05. The van der Waals surface area contributed by atoms with E-state index in [1.807, 2.05) is 5.51 Å². The molecule has 0 amide bonds. The van der Waals surface area contributed by atoms with Crippen molar-refractivity contribution in [2.24, 2.45) is 11.8 Å². The third kappa shape index (κ3) is 3.29. The van der Waals surface area contributed by atoms with Crippen LogP contribution in [0, 0.1) is 18.8 Å². The molecule has 1 saturated carbocycles. The number of aryl methyl sites for hydroxylation is 1. The van der Waals surface area contributed by atoms with Crippen molar-refractivity contribution >= 4 is 11.3 Å². The van der Waals surface area contributed by atoms with E-state index in [0.717, 1.165) is 11.8 Å². The topological polar surface area (TPSA) is 24.9 Å². The highest BCUT2D eigenvalue weighted by molar-refractivity contribution is 7.09. The Bertz CT molecular complexity index is 351. The predicted octanol–water partition coefficient (Wildman–Crippen LogP) is 3.93. The van der Waals surface area contributed by atoms with Crippen LogP contribution in [0.25, 0.3) is 0 Å². The van der Waals surface area contributed by atoms with Crippen molar-refractivity contribution in [3.63, 3.8) is 0 Å². The Kier molecular flexibility index (Phi) is 4.21. The molecule has 1 N–H and O–H groups in total. The van der Waals surface area contributed by atoms with Gasteiger partial charge in [0.1, 0.15) is 0 Å². The van der Waals surface area contributed by atoms with Crippen LogP contribution < -0.4 is 5.32 Å². The summed E-state index contributed by atoms with van der Waals surface area (Å²) in [5.41, 5.74) is 3.14. The molecular weight excluding hydrogens is 228 g/mol. The fourth-order valence-electron chi connectivity index (χ4n) is 3.24. The molecule has 1 fully saturated rings. The first-order valence-electron chi connectivity index (χ1n) is 6.72. The molecule has 1 aromatic rings. The van der Waals surface area contributed by atoms with Crippen molar-refractivity contribution < 1.29 is 0 Å². The molecule has 1 aliphatic rings. The van der Waals surface area contributed by atoms with Crippen molar-refractivity contribution in [1.29, 1.82) is 0 Å². The molecule has 17 heavy (non-hydrogen) atoms. The van der Waals surface area contributed by atoms with E-state index in [1.165, 1.54) is 29.8 Å². The number of nitrogens with one attached hydrogen (secondary N) is 1. The number of thiazole rings is 1. The fourth-order valence-corrected chi connectivity index (χ4v) is 4.06. The molecule has 0 radical (unpaired) electrons. The molecule has 1 aromatic heterocycles. The average Bonchev–Trinajstić information content (AvgIpc) is 2.62. The quantitative estimate of drug-likeness (QED) is 0.881. The van der Waals surface area contributed by atoms with Gasteiger partial charge in [0, 0.05) is 17.0 Å². The van der Waals surface area contributed by atoms with E-state index < -0.39 is 0 Å². The lowest BCUT2D eigenvalue weighted by Gasteiger charge is -2.33. The molecule has 0 saturated heterocycles. The van der Waals surface area contributed by atoms with Gasteiger partial charge in [-0.1, -0.05) is 13.8 Å². The van der Waals surface area contributed by atoms with Gasteiger partial charge in [-0.15, -0.1) is 11.3 Å². The fraction of sp³-hybridized carbons (Fsp3) is 0.786. The molecule has 1 heterocycles. The van der Waals surface area contributed by atoms with Crippen molar-refractivity contribution in [3.05, 3.63) is 16.1 Å². The maximum Gasteiger partial charge on any atom is 0.0798 e. The summed E-state index contributed by atoms with van der Waals surface area (Å²) in [6, 6.07) is 1.13. The van der Waals surface area contributed by atoms with E-state index in [2.05, 4.69) is 38.0 Å². The highest BCUT2D eigenvalue weighted by Gasteiger charge is 2.25. The second kappa shape index (κ2) is 5.49. The van der Waals surface area contributed by atoms with Crippen LogP contribution in [-0.4, -0.2) is 11.0 Å².